The van der Waals surface area contributed by atoms with Crippen LogP contribution in [-0.2, 0) is 6.54 Å². The number of para-hydroxylation sites is 2. The highest BCUT2D eigenvalue weighted by Crippen LogP contribution is 2.37. The minimum atomic E-state index is -0.183. The molecule has 3 heterocycles. The lowest BCUT2D eigenvalue weighted by Gasteiger charge is -2.34. The number of aromatic nitrogens is 3. The quantitative estimate of drug-likeness (QED) is 0.187. The van der Waals surface area contributed by atoms with Gasteiger partial charge in [-0.25, -0.2) is 0 Å². The number of pyridine rings is 1. The normalized spacial score (nSPS) is 15.1. The van der Waals surface area contributed by atoms with Crippen molar-refractivity contribution in [3.05, 3.63) is 108 Å². The van der Waals surface area contributed by atoms with Crippen molar-refractivity contribution in [2.24, 2.45) is 0 Å². The molecular weight excluding hydrogens is 554 g/mol. The first-order chi connectivity index (χ1) is 21.4. The van der Waals surface area contributed by atoms with E-state index in [-0.39, 0.29) is 18.1 Å². The summed E-state index contributed by atoms with van der Waals surface area (Å²) >= 11 is 0. The molecule has 44 heavy (non-hydrogen) atoms. The van der Waals surface area contributed by atoms with Crippen LogP contribution in [0.1, 0.15) is 36.2 Å². The molecule has 1 atom stereocenters. The highest BCUT2D eigenvalue weighted by molar-refractivity contribution is 5.99. The van der Waals surface area contributed by atoms with Crippen molar-refractivity contribution in [1.82, 2.24) is 25.0 Å². The molecule has 0 aliphatic carbocycles. The van der Waals surface area contributed by atoms with E-state index in [2.05, 4.69) is 39.3 Å². The molecule has 2 aromatic heterocycles. The monoisotopic (exact) mass is 589 g/mol. The van der Waals surface area contributed by atoms with Crippen LogP contribution >= 0.6 is 0 Å². The second-order valence-corrected chi connectivity index (χ2v) is 11.2. The van der Waals surface area contributed by atoms with Gasteiger partial charge >= 0.3 is 0 Å². The van der Waals surface area contributed by atoms with Crippen molar-refractivity contribution >= 4 is 5.91 Å². The number of ether oxygens (including phenoxy) is 2. The van der Waals surface area contributed by atoms with Gasteiger partial charge in [-0.15, -0.1) is 10.2 Å². The van der Waals surface area contributed by atoms with E-state index in [1.165, 1.54) is 0 Å². The SMILES string of the molecule is CC(C)N1CCC(CN(C)Cc2ccc(Oc3ccccc3)cc2)Oc2c(cccc2-c2nnc(-c3ccncc3)o2)C1=O. The molecule has 224 valence electrons. The van der Waals surface area contributed by atoms with Gasteiger partial charge < -0.3 is 18.8 Å². The number of hydrogen-bond acceptors (Lipinski definition) is 8. The van der Waals surface area contributed by atoms with Crippen molar-refractivity contribution < 1.29 is 18.7 Å². The van der Waals surface area contributed by atoms with E-state index < -0.39 is 0 Å². The first-order valence-electron chi connectivity index (χ1n) is 14.8. The summed E-state index contributed by atoms with van der Waals surface area (Å²) in [5, 5.41) is 8.56. The highest BCUT2D eigenvalue weighted by Gasteiger charge is 2.31. The van der Waals surface area contributed by atoms with Crippen LogP contribution < -0.4 is 9.47 Å². The predicted octanol–water partition coefficient (Wildman–Crippen LogP) is 6.72. The van der Waals surface area contributed by atoms with Crippen LogP contribution in [0.4, 0.5) is 0 Å². The highest BCUT2D eigenvalue weighted by atomic mass is 16.5. The Bertz CT molecular complexity index is 1690. The van der Waals surface area contributed by atoms with Crippen molar-refractivity contribution in [3.63, 3.8) is 0 Å². The fourth-order valence-electron chi connectivity index (χ4n) is 5.34. The van der Waals surface area contributed by atoms with E-state index in [4.69, 9.17) is 13.9 Å². The number of fused-ring (bicyclic) bond motifs is 1. The molecule has 1 aliphatic rings. The molecule has 1 amide bonds. The summed E-state index contributed by atoms with van der Waals surface area (Å²) in [6.45, 7) is 6.05. The molecule has 3 aromatic carbocycles. The van der Waals surface area contributed by atoms with Crippen LogP contribution in [0.3, 0.4) is 0 Å². The molecular formula is C35H35N5O4. The van der Waals surface area contributed by atoms with Crippen LogP contribution in [0.25, 0.3) is 22.9 Å². The van der Waals surface area contributed by atoms with Gasteiger partial charge in [0.15, 0.2) is 0 Å². The third-order valence-electron chi connectivity index (χ3n) is 7.56. The number of rotatable bonds is 9. The van der Waals surface area contributed by atoms with Crippen molar-refractivity contribution in [1.29, 1.82) is 0 Å². The predicted molar refractivity (Wildman–Crippen MR) is 167 cm³/mol. The average Bonchev–Trinajstić information content (AvgIpc) is 3.52. The molecule has 5 aromatic rings. The molecule has 0 saturated heterocycles. The van der Waals surface area contributed by atoms with Gasteiger partial charge in [0.05, 0.1) is 11.1 Å². The van der Waals surface area contributed by atoms with Gasteiger partial charge in [0.1, 0.15) is 23.4 Å². The second-order valence-electron chi connectivity index (χ2n) is 11.2. The molecule has 0 N–H and O–H groups in total. The standard InChI is InChI=1S/C35H35N5O4/c1-24(2)40-21-18-29(23-39(3)22-25-12-14-28(15-13-25)42-27-8-5-4-6-9-27)43-32-30(10-7-11-31(32)35(40)41)34-38-37-33(44-34)26-16-19-36-20-17-26/h4-17,19-20,24,29H,18,21-23H2,1-3H3. The van der Waals surface area contributed by atoms with E-state index in [0.29, 0.717) is 48.2 Å². The largest absolute Gasteiger partial charge is 0.487 e. The van der Waals surface area contributed by atoms with E-state index >= 15 is 0 Å². The summed E-state index contributed by atoms with van der Waals surface area (Å²) in [6, 6.07) is 27.0. The molecule has 9 nitrogen and oxygen atoms in total. The van der Waals surface area contributed by atoms with E-state index in [0.717, 1.165) is 29.2 Å². The van der Waals surface area contributed by atoms with Crippen molar-refractivity contribution in [2.45, 2.75) is 39.0 Å². The summed E-state index contributed by atoms with van der Waals surface area (Å²) < 4.78 is 18.7. The zero-order valence-corrected chi connectivity index (χ0v) is 25.1. The number of amides is 1. The Labute approximate surface area is 257 Å². The van der Waals surface area contributed by atoms with Crippen LogP contribution in [0, 0.1) is 0 Å². The van der Waals surface area contributed by atoms with E-state index in [1.807, 2.05) is 91.5 Å². The van der Waals surface area contributed by atoms with E-state index in [9.17, 15) is 4.79 Å². The van der Waals surface area contributed by atoms with Gasteiger partial charge in [0, 0.05) is 50.1 Å². The molecule has 1 aliphatic heterocycles. The first kappa shape index (κ1) is 29.1. The molecule has 9 heteroatoms. The topological polar surface area (TPSA) is 93.8 Å². The van der Waals surface area contributed by atoms with Gasteiger partial charge in [-0.05, 0) is 75.0 Å². The molecule has 0 fully saturated rings. The van der Waals surface area contributed by atoms with Gasteiger partial charge in [0.2, 0.25) is 5.89 Å². The second kappa shape index (κ2) is 13.1. The summed E-state index contributed by atoms with van der Waals surface area (Å²) in [5.41, 5.74) is 3.00. The zero-order valence-electron chi connectivity index (χ0n) is 25.1. The zero-order chi connectivity index (χ0) is 30.5. The Balaban J connectivity index is 1.22. The van der Waals surface area contributed by atoms with Crippen molar-refractivity contribution in [2.75, 3.05) is 20.1 Å². The summed E-state index contributed by atoms with van der Waals surface area (Å²) in [4.78, 5) is 21.9. The van der Waals surface area contributed by atoms with Crippen LogP contribution in [-0.4, -0.2) is 63.2 Å². The van der Waals surface area contributed by atoms with Gasteiger partial charge in [0.25, 0.3) is 11.8 Å². The number of likely N-dealkylation sites (N-methyl/N-ethyl adjacent to an activating group) is 1. The molecule has 0 saturated carbocycles. The fraction of sp³-hybridized carbons (Fsp3) is 0.257. The lowest BCUT2D eigenvalue weighted by molar-refractivity contribution is 0.0595. The fourth-order valence-corrected chi connectivity index (χ4v) is 5.34. The third-order valence-corrected chi connectivity index (χ3v) is 7.56. The number of hydrogen-bond donors (Lipinski definition) is 0. The van der Waals surface area contributed by atoms with Gasteiger partial charge in [-0.3, -0.25) is 14.7 Å². The number of benzene rings is 3. The first-order valence-corrected chi connectivity index (χ1v) is 14.8. The van der Waals surface area contributed by atoms with Crippen molar-refractivity contribution in [3.8, 4) is 40.2 Å². The Hall–Kier alpha value is -5.02. The average molecular weight is 590 g/mol. The van der Waals surface area contributed by atoms with Crippen LogP contribution in [0.15, 0.2) is 102 Å². The maximum atomic E-state index is 13.7. The van der Waals surface area contributed by atoms with Crippen LogP contribution in [0.5, 0.6) is 17.2 Å². The number of nitrogens with zero attached hydrogens (tertiary/aromatic N) is 5. The van der Waals surface area contributed by atoms with Gasteiger partial charge in [-0.2, -0.15) is 0 Å². The maximum absolute atomic E-state index is 13.7. The molecule has 1 unspecified atom stereocenters. The third kappa shape index (κ3) is 6.63. The summed E-state index contributed by atoms with van der Waals surface area (Å²) in [5.74, 6) is 2.66. The molecule has 0 bridgehead atoms. The van der Waals surface area contributed by atoms with Gasteiger partial charge in [-0.1, -0.05) is 36.4 Å². The smallest absolute Gasteiger partial charge is 0.257 e. The Morgan fingerprint density at radius 2 is 1.59 bits per heavy atom. The number of carbonyl (C=O) groups excluding carboxylic acids is 1. The van der Waals surface area contributed by atoms with Crippen LogP contribution in [0.2, 0.25) is 0 Å². The maximum Gasteiger partial charge on any atom is 0.257 e. The summed E-state index contributed by atoms with van der Waals surface area (Å²) in [7, 11) is 2.08. The molecule has 0 spiro atoms. The number of carbonyl (C=O) groups is 1. The summed E-state index contributed by atoms with van der Waals surface area (Å²) in [6.07, 6.45) is 3.84. The lowest BCUT2D eigenvalue weighted by atomic mass is 10.0. The van der Waals surface area contributed by atoms with E-state index in [1.54, 1.807) is 12.4 Å². The molecule has 0 radical (unpaired) electrons. The Kier molecular flexibility index (Phi) is 8.65. The molecule has 6 rings (SSSR count). The minimum absolute atomic E-state index is 0.0359. The minimum Gasteiger partial charge on any atom is -0.487 e. The Morgan fingerprint density at radius 3 is 2.34 bits per heavy atom. The Morgan fingerprint density at radius 1 is 0.886 bits per heavy atom. The lowest BCUT2D eigenvalue weighted by Crippen LogP contribution is -2.43.